The maximum atomic E-state index is 13.3. The van der Waals surface area contributed by atoms with Crippen molar-refractivity contribution in [3.8, 4) is 0 Å². The van der Waals surface area contributed by atoms with Crippen LogP contribution in [0.3, 0.4) is 0 Å². The molecule has 1 aromatic heterocycles. The number of pyridine rings is 1. The number of hydrogen-bond acceptors (Lipinski definition) is 4. The SMILES string of the molecule is CC(C)NC(=O)CCNS(=O)(=O)c1ncccc1F. The lowest BCUT2D eigenvalue weighted by Gasteiger charge is -2.09. The quantitative estimate of drug-likeness (QED) is 0.794. The summed E-state index contributed by atoms with van der Waals surface area (Å²) in [5.41, 5.74) is 0. The predicted molar refractivity (Wildman–Crippen MR) is 67.3 cm³/mol. The zero-order valence-electron chi connectivity index (χ0n) is 10.7. The highest BCUT2D eigenvalue weighted by atomic mass is 32.2. The van der Waals surface area contributed by atoms with Gasteiger partial charge in [0.05, 0.1) is 0 Å². The lowest BCUT2D eigenvalue weighted by Crippen LogP contribution is -2.34. The van der Waals surface area contributed by atoms with Gasteiger partial charge in [-0.25, -0.2) is 22.5 Å². The molecule has 0 unspecified atom stereocenters. The Bertz CT molecular complexity index is 546. The third kappa shape index (κ3) is 4.92. The van der Waals surface area contributed by atoms with Crippen LogP contribution in [0.1, 0.15) is 20.3 Å². The van der Waals surface area contributed by atoms with Crippen LogP contribution in [-0.4, -0.2) is 31.9 Å². The Morgan fingerprint density at radius 1 is 1.47 bits per heavy atom. The highest BCUT2D eigenvalue weighted by molar-refractivity contribution is 7.89. The smallest absolute Gasteiger partial charge is 0.261 e. The summed E-state index contributed by atoms with van der Waals surface area (Å²) < 4.78 is 38.8. The Hall–Kier alpha value is -1.54. The van der Waals surface area contributed by atoms with Crippen LogP contribution in [0.4, 0.5) is 4.39 Å². The first-order chi connectivity index (χ1) is 8.83. The van der Waals surface area contributed by atoms with Crippen molar-refractivity contribution in [3.05, 3.63) is 24.1 Å². The fraction of sp³-hybridized carbons (Fsp3) is 0.455. The number of aromatic nitrogens is 1. The molecule has 0 spiro atoms. The van der Waals surface area contributed by atoms with Crippen molar-refractivity contribution in [2.75, 3.05) is 6.54 Å². The second kappa shape index (κ2) is 6.58. The Morgan fingerprint density at radius 2 is 2.16 bits per heavy atom. The molecule has 0 fully saturated rings. The first kappa shape index (κ1) is 15.5. The van der Waals surface area contributed by atoms with Gasteiger partial charge in [-0.1, -0.05) is 0 Å². The molecular weight excluding hydrogens is 273 g/mol. The second-order valence-corrected chi connectivity index (χ2v) is 5.84. The largest absolute Gasteiger partial charge is 0.354 e. The molecule has 0 aromatic carbocycles. The van der Waals surface area contributed by atoms with Gasteiger partial charge in [0.15, 0.2) is 5.82 Å². The predicted octanol–water partition coefficient (Wildman–Crippen LogP) is 0.414. The van der Waals surface area contributed by atoms with Gasteiger partial charge in [0.25, 0.3) is 10.0 Å². The normalized spacial score (nSPS) is 11.6. The van der Waals surface area contributed by atoms with Crippen molar-refractivity contribution in [1.82, 2.24) is 15.0 Å². The van der Waals surface area contributed by atoms with E-state index in [1.54, 1.807) is 13.8 Å². The molecule has 0 bridgehead atoms. The molecule has 1 aromatic rings. The van der Waals surface area contributed by atoms with Gasteiger partial charge < -0.3 is 5.32 Å². The second-order valence-electron chi connectivity index (χ2n) is 4.16. The number of halogens is 1. The minimum atomic E-state index is -4.03. The standard InChI is InChI=1S/C11H16FN3O3S/c1-8(2)15-10(16)5-7-14-19(17,18)11-9(12)4-3-6-13-11/h3-4,6,8,14H,5,7H2,1-2H3,(H,15,16). The van der Waals surface area contributed by atoms with E-state index in [0.29, 0.717) is 0 Å². The molecule has 0 saturated heterocycles. The fourth-order valence-corrected chi connectivity index (χ4v) is 2.36. The number of carbonyl (C=O) groups excluding carboxylic acids is 1. The molecule has 1 heterocycles. The number of nitrogens with zero attached hydrogens (tertiary/aromatic N) is 1. The summed E-state index contributed by atoms with van der Waals surface area (Å²) in [5, 5.41) is 1.95. The summed E-state index contributed by atoms with van der Waals surface area (Å²) in [5.74, 6) is -1.21. The monoisotopic (exact) mass is 289 g/mol. The Balaban J connectivity index is 2.58. The topological polar surface area (TPSA) is 88.2 Å². The lowest BCUT2D eigenvalue weighted by molar-refractivity contribution is -0.121. The van der Waals surface area contributed by atoms with Gasteiger partial charge in [-0.05, 0) is 26.0 Å². The van der Waals surface area contributed by atoms with Gasteiger partial charge in [0, 0.05) is 25.2 Å². The highest BCUT2D eigenvalue weighted by Gasteiger charge is 2.20. The summed E-state index contributed by atoms with van der Waals surface area (Å²) in [6, 6.07) is 2.29. The Labute approximate surface area is 111 Å². The molecule has 8 heteroatoms. The van der Waals surface area contributed by atoms with E-state index in [1.165, 1.54) is 12.3 Å². The highest BCUT2D eigenvalue weighted by Crippen LogP contribution is 2.09. The molecule has 106 valence electrons. The van der Waals surface area contributed by atoms with Crippen molar-refractivity contribution in [2.24, 2.45) is 0 Å². The van der Waals surface area contributed by atoms with E-state index in [0.717, 1.165) is 6.07 Å². The van der Waals surface area contributed by atoms with Crippen LogP contribution in [-0.2, 0) is 14.8 Å². The van der Waals surface area contributed by atoms with Crippen molar-refractivity contribution in [3.63, 3.8) is 0 Å². The zero-order chi connectivity index (χ0) is 14.5. The van der Waals surface area contributed by atoms with E-state index in [4.69, 9.17) is 0 Å². The summed E-state index contributed by atoms with van der Waals surface area (Å²) >= 11 is 0. The molecule has 0 atom stereocenters. The number of rotatable bonds is 6. The fourth-order valence-electron chi connectivity index (χ4n) is 1.33. The van der Waals surface area contributed by atoms with Crippen LogP contribution in [0.25, 0.3) is 0 Å². The molecule has 6 nitrogen and oxygen atoms in total. The maximum Gasteiger partial charge on any atom is 0.261 e. The van der Waals surface area contributed by atoms with Crippen LogP contribution in [0.15, 0.2) is 23.4 Å². The Kier molecular flexibility index (Phi) is 5.37. The zero-order valence-corrected chi connectivity index (χ0v) is 11.5. The van der Waals surface area contributed by atoms with Crippen molar-refractivity contribution < 1.29 is 17.6 Å². The molecule has 19 heavy (non-hydrogen) atoms. The van der Waals surface area contributed by atoms with Crippen LogP contribution in [0.2, 0.25) is 0 Å². The molecule has 1 amide bonds. The van der Waals surface area contributed by atoms with Crippen LogP contribution >= 0.6 is 0 Å². The average Bonchev–Trinajstić information content (AvgIpc) is 2.27. The van der Waals surface area contributed by atoms with Crippen LogP contribution < -0.4 is 10.0 Å². The molecule has 1 rings (SSSR count). The van der Waals surface area contributed by atoms with Crippen LogP contribution in [0, 0.1) is 5.82 Å². The molecule has 0 radical (unpaired) electrons. The minimum Gasteiger partial charge on any atom is -0.354 e. The number of nitrogens with one attached hydrogen (secondary N) is 2. The van der Waals surface area contributed by atoms with E-state index in [1.807, 2.05) is 0 Å². The van der Waals surface area contributed by atoms with Crippen LogP contribution in [0.5, 0.6) is 0 Å². The van der Waals surface area contributed by atoms with Crippen molar-refractivity contribution >= 4 is 15.9 Å². The maximum absolute atomic E-state index is 13.3. The summed E-state index contributed by atoms with van der Waals surface area (Å²) in [6.45, 7) is 3.48. The number of amides is 1. The van der Waals surface area contributed by atoms with E-state index < -0.39 is 20.9 Å². The molecule has 0 saturated carbocycles. The van der Waals surface area contributed by atoms with Gasteiger partial charge >= 0.3 is 0 Å². The summed E-state index contributed by atoms with van der Waals surface area (Å²) in [7, 11) is -4.03. The van der Waals surface area contributed by atoms with Crippen molar-refractivity contribution in [1.29, 1.82) is 0 Å². The van der Waals surface area contributed by atoms with Gasteiger partial charge in [-0.2, -0.15) is 0 Å². The van der Waals surface area contributed by atoms with Gasteiger partial charge in [0.2, 0.25) is 10.9 Å². The number of hydrogen-bond donors (Lipinski definition) is 2. The summed E-state index contributed by atoms with van der Waals surface area (Å²) in [4.78, 5) is 14.8. The third-order valence-electron chi connectivity index (χ3n) is 2.07. The first-order valence-electron chi connectivity index (χ1n) is 5.72. The molecule has 0 aliphatic heterocycles. The Morgan fingerprint density at radius 3 is 2.74 bits per heavy atom. The van der Waals surface area contributed by atoms with Gasteiger partial charge in [-0.3, -0.25) is 4.79 Å². The van der Waals surface area contributed by atoms with Gasteiger partial charge in [0.1, 0.15) is 0 Å². The molecule has 2 N–H and O–H groups in total. The van der Waals surface area contributed by atoms with E-state index in [9.17, 15) is 17.6 Å². The van der Waals surface area contributed by atoms with E-state index in [2.05, 4.69) is 15.0 Å². The number of carbonyl (C=O) groups is 1. The van der Waals surface area contributed by atoms with E-state index >= 15 is 0 Å². The first-order valence-corrected chi connectivity index (χ1v) is 7.21. The summed E-state index contributed by atoms with van der Waals surface area (Å²) in [6.07, 6.45) is 1.16. The lowest BCUT2D eigenvalue weighted by atomic mass is 10.3. The molecular formula is C11H16FN3O3S. The average molecular weight is 289 g/mol. The van der Waals surface area contributed by atoms with Crippen molar-refractivity contribution in [2.45, 2.75) is 31.3 Å². The number of sulfonamides is 1. The van der Waals surface area contributed by atoms with E-state index in [-0.39, 0.29) is 24.9 Å². The molecule has 0 aliphatic rings. The third-order valence-corrected chi connectivity index (χ3v) is 3.47. The minimum absolute atomic E-state index is 0.0164. The van der Waals surface area contributed by atoms with Gasteiger partial charge in [-0.15, -0.1) is 0 Å². The molecule has 0 aliphatic carbocycles.